The minimum Gasteiger partial charge on any atom is -0.320 e. The van der Waals surface area contributed by atoms with Gasteiger partial charge in [0.1, 0.15) is 6.17 Å². The Morgan fingerprint density at radius 3 is 2.92 bits per heavy atom. The Hall–Kier alpha value is -0.150. The van der Waals surface area contributed by atoms with Crippen molar-refractivity contribution in [3.05, 3.63) is 0 Å². The van der Waals surface area contributed by atoms with Crippen molar-refractivity contribution in [3.8, 4) is 0 Å². The smallest absolute Gasteiger partial charge is 0.105 e. The SMILES string of the molecule is CNCCC(F)C1CCN(C)C1. The fourth-order valence-corrected chi connectivity index (χ4v) is 1.78. The van der Waals surface area contributed by atoms with Crippen molar-refractivity contribution in [1.29, 1.82) is 0 Å². The van der Waals surface area contributed by atoms with E-state index in [1.165, 1.54) is 0 Å². The number of hydrogen-bond acceptors (Lipinski definition) is 2. The van der Waals surface area contributed by atoms with E-state index in [0.717, 1.165) is 26.1 Å². The molecule has 1 N–H and O–H groups in total. The van der Waals surface area contributed by atoms with Gasteiger partial charge in [-0.15, -0.1) is 0 Å². The maximum absolute atomic E-state index is 13.4. The first-order valence-corrected chi connectivity index (χ1v) is 4.71. The molecule has 1 aliphatic heterocycles. The van der Waals surface area contributed by atoms with Crippen LogP contribution in [0.1, 0.15) is 12.8 Å². The minimum atomic E-state index is -0.609. The number of rotatable bonds is 4. The number of likely N-dealkylation sites (tertiary alicyclic amines) is 1. The van der Waals surface area contributed by atoms with Crippen LogP contribution >= 0.6 is 0 Å². The van der Waals surface area contributed by atoms with Gasteiger partial charge in [-0.3, -0.25) is 0 Å². The van der Waals surface area contributed by atoms with Crippen LogP contribution in [0.5, 0.6) is 0 Å². The molecule has 2 nitrogen and oxygen atoms in total. The van der Waals surface area contributed by atoms with Crippen molar-refractivity contribution in [1.82, 2.24) is 10.2 Å². The largest absolute Gasteiger partial charge is 0.320 e. The van der Waals surface area contributed by atoms with E-state index in [1.54, 1.807) is 0 Å². The first kappa shape index (κ1) is 9.93. The summed E-state index contributed by atoms with van der Waals surface area (Å²) in [7, 11) is 3.93. The second-order valence-electron chi connectivity index (χ2n) is 3.72. The molecule has 0 bridgehead atoms. The van der Waals surface area contributed by atoms with Gasteiger partial charge in [0.05, 0.1) is 0 Å². The average Bonchev–Trinajstić information content (AvgIpc) is 2.47. The predicted molar refractivity (Wildman–Crippen MR) is 49.0 cm³/mol. The quantitative estimate of drug-likeness (QED) is 0.681. The summed E-state index contributed by atoms with van der Waals surface area (Å²) < 4.78 is 13.4. The van der Waals surface area contributed by atoms with Crippen molar-refractivity contribution < 1.29 is 4.39 Å². The van der Waals surface area contributed by atoms with E-state index >= 15 is 0 Å². The standard InChI is InChI=1S/C9H19FN2/c1-11-5-3-9(10)8-4-6-12(2)7-8/h8-9,11H,3-7H2,1-2H3. The highest BCUT2D eigenvalue weighted by molar-refractivity contribution is 4.79. The summed E-state index contributed by atoms with van der Waals surface area (Å²) in [5.74, 6) is 0.281. The molecule has 1 rings (SSSR count). The zero-order valence-electron chi connectivity index (χ0n) is 8.02. The van der Waals surface area contributed by atoms with Crippen LogP contribution in [0.3, 0.4) is 0 Å². The van der Waals surface area contributed by atoms with Gasteiger partial charge in [0.25, 0.3) is 0 Å². The molecule has 72 valence electrons. The third-order valence-corrected chi connectivity index (χ3v) is 2.61. The maximum Gasteiger partial charge on any atom is 0.105 e. The molecular formula is C9H19FN2. The summed E-state index contributed by atoms with van der Waals surface area (Å²) in [6.45, 7) is 2.79. The number of nitrogens with zero attached hydrogens (tertiary/aromatic N) is 1. The van der Waals surface area contributed by atoms with Crippen LogP contribution in [0.2, 0.25) is 0 Å². The molecule has 0 aromatic rings. The third-order valence-electron chi connectivity index (χ3n) is 2.61. The third kappa shape index (κ3) is 2.72. The van der Waals surface area contributed by atoms with Crippen LogP contribution in [0.15, 0.2) is 0 Å². The summed E-state index contributed by atoms with van der Waals surface area (Å²) in [6.07, 6.45) is 1.08. The molecule has 0 aromatic heterocycles. The number of halogens is 1. The summed E-state index contributed by atoms with van der Waals surface area (Å²) in [4.78, 5) is 2.20. The van der Waals surface area contributed by atoms with Gasteiger partial charge >= 0.3 is 0 Å². The molecule has 2 unspecified atom stereocenters. The average molecular weight is 174 g/mol. The predicted octanol–water partition coefficient (Wildman–Crippen LogP) is 0.886. The molecular weight excluding hydrogens is 155 g/mol. The molecule has 1 saturated heterocycles. The fourth-order valence-electron chi connectivity index (χ4n) is 1.78. The zero-order valence-corrected chi connectivity index (χ0v) is 8.02. The van der Waals surface area contributed by atoms with Crippen molar-refractivity contribution in [2.24, 2.45) is 5.92 Å². The lowest BCUT2D eigenvalue weighted by atomic mass is 10.0. The number of hydrogen-bond donors (Lipinski definition) is 1. The Labute approximate surface area is 74.1 Å². The van der Waals surface area contributed by atoms with Crippen LogP contribution in [0.4, 0.5) is 4.39 Å². The Balaban J connectivity index is 2.18. The van der Waals surface area contributed by atoms with Crippen LogP contribution < -0.4 is 5.32 Å². The topological polar surface area (TPSA) is 15.3 Å². The lowest BCUT2D eigenvalue weighted by Crippen LogP contribution is -2.23. The monoisotopic (exact) mass is 174 g/mol. The fraction of sp³-hybridized carbons (Fsp3) is 1.00. The van der Waals surface area contributed by atoms with Crippen molar-refractivity contribution in [2.75, 3.05) is 33.7 Å². The van der Waals surface area contributed by atoms with E-state index in [-0.39, 0.29) is 5.92 Å². The maximum atomic E-state index is 13.4. The first-order chi connectivity index (χ1) is 5.74. The molecule has 1 aliphatic rings. The van der Waals surface area contributed by atoms with Gasteiger partial charge in [0, 0.05) is 12.5 Å². The van der Waals surface area contributed by atoms with Crippen molar-refractivity contribution in [3.63, 3.8) is 0 Å². The molecule has 2 atom stereocenters. The highest BCUT2D eigenvalue weighted by Gasteiger charge is 2.26. The molecule has 1 heterocycles. The van der Waals surface area contributed by atoms with Crippen LogP contribution in [-0.2, 0) is 0 Å². The summed E-state index contributed by atoms with van der Waals surface area (Å²) >= 11 is 0. The first-order valence-electron chi connectivity index (χ1n) is 4.71. The van der Waals surface area contributed by atoms with E-state index in [1.807, 2.05) is 7.05 Å². The second-order valence-corrected chi connectivity index (χ2v) is 3.72. The van der Waals surface area contributed by atoms with Gasteiger partial charge in [0.2, 0.25) is 0 Å². The van der Waals surface area contributed by atoms with Crippen LogP contribution in [0.25, 0.3) is 0 Å². The van der Waals surface area contributed by atoms with E-state index in [9.17, 15) is 4.39 Å². The Morgan fingerprint density at radius 1 is 1.67 bits per heavy atom. The van der Waals surface area contributed by atoms with Crippen molar-refractivity contribution >= 4 is 0 Å². The van der Waals surface area contributed by atoms with Gasteiger partial charge in [0.15, 0.2) is 0 Å². The van der Waals surface area contributed by atoms with Gasteiger partial charge in [-0.2, -0.15) is 0 Å². The summed E-state index contributed by atoms with van der Waals surface area (Å²) in [5.41, 5.74) is 0. The Morgan fingerprint density at radius 2 is 2.42 bits per heavy atom. The number of nitrogens with one attached hydrogen (secondary N) is 1. The van der Waals surface area contributed by atoms with E-state index in [2.05, 4.69) is 17.3 Å². The summed E-state index contributed by atoms with van der Waals surface area (Å²) in [6, 6.07) is 0. The van der Waals surface area contributed by atoms with E-state index in [4.69, 9.17) is 0 Å². The summed E-state index contributed by atoms with van der Waals surface area (Å²) in [5, 5.41) is 2.98. The van der Waals surface area contributed by atoms with Crippen LogP contribution in [-0.4, -0.2) is 44.8 Å². The molecule has 1 fully saturated rings. The lowest BCUT2D eigenvalue weighted by molar-refractivity contribution is 0.215. The number of alkyl halides is 1. The second kappa shape index (κ2) is 4.77. The zero-order chi connectivity index (χ0) is 8.97. The van der Waals surface area contributed by atoms with Crippen LogP contribution in [0, 0.1) is 5.92 Å². The molecule has 3 heteroatoms. The molecule has 0 amide bonds. The Kier molecular flexibility index (Phi) is 3.95. The minimum absolute atomic E-state index is 0.281. The van der Waals surface area contributed by atoms with Gasteiger partial charge < -0.3 is 10.2 Å². The highest BCUT2D eigenvalue weighted by atomic mass is 19.1. The highest BCUT2D eigenvalue weighted by Crippen LogP contribution is 2.22. The Bertz CT molecular complexity index is 130. The van der Waals surface area contributed by atoms with Gasteiger partial charge in [-0.25, -0.2) is 4.39 Å². The molecule has 0 spiro atoms. The normalized spacial score (nSPS) is 27.8. The molecule has 0 radical (unpaired) electrons. The molecule has 0 aliphatic carbocycles. The van der Waals surface area contributed by atoms with E-state index in [0.29, 0.717) is 6.42 Å². The molecule has 0 saturated carbocycles. The molecule has 0 aromatic carbocycles. The lowest BCUT2D eigenvalue weighted by Gasteiger charge is -2.15. The van der Waals surface area contributed by atoms with Gasteiger partial charge in [-0.05, 0) is 40.0 Å². The van der Waals surface area contributed by atoms with E-state index < -0.39 is 6.17 Å². The van der Waals surface area contributed by atoms with Crippen molar-refractivity contribution in [2.45, 2.75) is 19.0 Å². The molecule has 12 heavy (non-hydrogen) atoms. The van der Waals surface area contributed by atoms with Gasteiger partial charge in [-0.1, -0.05) is 0 Å².